The summed E-state index contributed by atoms with van der Waals surface area (Å²) >= 11 is 7.87. The number of furan rings is 1. The summed E-state index contributed by atoms with van der Waals surface area (Å²) in [5, 5.41) is 2.72. The first kappa shape index (κ1) is 26.8. The molecule has 0 spiro atoms. The summed E-state index contributed by atoms with van der Waals surface area (Å²) in [5.74, 6) is 1.25. The molecular weight excluding hydrogens is 536 g/mol. The summed E-state index contributed by atoms with van der Waals surface area (Å²) in [7, 11) is 1.52. The first-order valence-electron chi connectivity index (χ1n) is 12.6. The quantitative estimate of drug-likeness (QED) is 0.243. The average Bonchev–Trinajstić information content (AvgIpc) is 3.65. The molecule has 2 amide bonds. The number of methoxy groups -OCH3 is 1. The zero-order valence-electron chi connectivity index (χ0n) is 21.8. The zero-order valence-corrected chi connectivity index (χ0v) is 23.3. The number of amides is 2. The minimum absolute atomic E-state index is 0.117. The molecule has 0 N–H and O–H groups in total. The molecule has 7 nitrogen and oxygen atoms in total. The van der Waals surface area contributed by atoms with Gasteiger partial charge in [0.15, 0.2) is 0 Å². The fourth-order valence-corrected chi connectivity index (χ4v) is 5.84. The molecule has 202 valence electrons. The highest BCUT2D eigenvalue weighted by molar-refractivity contribution is 7.10. The summed E-state index contributed by atoms with van der Waals surface area (Å²) in [6.45, 7) is 2.79. The number of fused-ring (bicyclic) bond motifs is 1. The van der Waals surface area contributed by atoms with Crippen LogP contribution in [0.1, 0.15) is 38.2 Å². The van der Waals surface area contributed by atoms with Crippen LogP contribution in [0.3, 0.4) is 0 Å². The maximum absolute atomic E-state index is 13.9. The predicted molar refractivity (Wildman–Crippen MR) is 151 cm³/mol. The number of benzene rings is 2. The van der Waals surface area contributed by atoms with Gasteiger partial charge >= 0.3 is 0 Å². The summed E-state index contributed by atoms with van der Waals surface area (Å²) in [5.41, 5.74) is 2.39. The Balaban J connectivity index is 1.39. The van der Waals surface area contributed by atoms with Crippen molar-refractivity contribution in [1.82, 2.24) is 9.80 Å². The van der Waals surface area contributed by atoms with E-state index in [0.29, 0.717) is 34.4 Å². The second kappa shape index (κ2) is 12.0. The molecule has 2 aromatic carbocycles. The van der Waals surface area contributed by atoms with Gasteiger partial charge in [-0.05, 0) is 78.4 Å². The molecule has 0 fully saturated rings. The van der Waals surface area contributed by atoms with Gasteiger partial charge in [-0.2, -0.15) is 0 Å². The van der Waals surface area contributed by atoms with Crippen molar-refractivity contribution in [3.63, 3.8) is 0 Å². The van der Waals surface area contributed by atoms with Gasteiger partial charge in [0.25, 0.3) is 5.91 Å². The largest absolute Gasteiger partial charge is 0.496 e. The molecule has 9 heteroatoms. The smallest absolute Gasteiger partial charge is 0.258 e. The molecule has 3 heterocycles. The molecule has 0 aliphatic carbocycles. The molecular formula is C30H29ClN2O5S. The molecule has 2 aromatic heterocycles. The number of halogens is 1. The van der Waals surface area contributed by atoms with Crippen LogP contribution in [0.4, 0.5) is 0 Å². The number of aryl methyl sites for hydroxylation is 1. The van der Waals surface area contributed by atoms with Crippen molar-refractivity contribution in [2.24, 2.45) is 0 Å². The lowest BCUT2D eigenvalue weighted by atomic mass is 10.00. The van der Waals surface area contributed by atoms with Crippen molar-refractivity contribution in [3.8, 4) is 11.5 Å². The van der Waals surface area contributed by atoms with E-state index < -0.39 is 0 Å². The Bertz CT molecular complexity index is 1450. The summed E-state index contributed by atoms with van der Waals surface area (Å²) in [4.78, 5) is 32.1. The number of hydrogen-bond donors (Lipinski definition) is 0. The maximum Gasteiger partial charge on any atom is 0.258 e. The van der Waals surface area contributed by atoms with Gasteiger partial charge < -0.3 is 23.7 Å². The zero-order chi connectivity index (χ0) is 27.4. The van der Waals surface area contributed by atoms with Crippen molar-refractivity contribution in [1.29, 1.82) is 0 Å². The molecule has 0 saturated heterocycles. The van der Waals surface area contributed by atoms with E-state index in [1.807, 2.05) is 35.4 Å². The minimum atomic E-state index is -0.310. The molecule has 0 unspecified atom stereocenters. The highest BCUT2D eigenvalue weighted by Gasteiger charge is 2.34. The first-order chi connectivity index (χ1) is 18.9. The fourth-order valence-electron chi connectivity index (χ4n) is 4.79. The molecule has 0 bridgehead atoms. The van der Waals surface area contributed by atoms with Gasteiger partial charge in [0, 0.05) is 16.4 Å². The van der Waals surface area contributed by atoms with Crippen LogP contribution in [-0.2, 0) is 17.8 Å². The van der Waals surface area contributed by atoms with Gasteiger partial charge in [-0.1, -0.05) is 23.7 Å². The van der Waals surface area contributed by atoms with Crippen LogP contribution in [0, 0.1) is 6.92 Å². The van der Waals surface area contributed by atoms with E-state index in [1.165, 1.54) is 16.9 Å². The Morgan fingerprint density at radius 1 is 1.15 bits per heavy atom. The highest BCUT2D eigenvalue weighted by atomic mass is 35.5. The molecule has 5 rings (SSSR count). The monoisotopic (exact) mass is 564 g/mol. The molecule has 1 aliphatic heterocycles. The van der Waals surface area contributed by atoms with Gasteiger partial charge in [-0.3, -0.25) is 9.59 Å². The second-order valence-electron chi connectivity index (χ2n) is 9.31. The number of para-hydroxylation sites is 1. The van der Waals surface area contributed by atoms with Crippen LogP contribution < -0.4 is 9.47 Å². The van der Waals surface area contributed by atoms with E-state index in [4.69, 9.17) is 25.5 Å². The lowest BCUT2D eigenvalue weighted by Crippen LogP contribution is -2.47. The topological polar surface area (TPSA) is 72.2 Å². The van der Waals surface area contributed by atoms with Gasteiger partial charge in [-0.15, -0.1) is 11.3 Å². The lowest BCUT2D eigenvalue weighted by molar-refractivity contribution is -0.135. The van der Waals surface area contributed by atoms with Crippen LogP contribution >= 0.6 is 22.9 Å². The Hall–Kier alpha value is -3.75. The van der Waals surface area contributed by atoms with E-state index in [1.54, 1.807) is 54.0 Å². The number of carbonyl (C=O) groups excluding carboxylic acids is 2. The van der Waals surface area contributed by atoms with Crippen molar-refractivity contribution in [2.45, 2.75) is 25.9 Å². The SMILES string of the molecule is COc1ccccc1C(=O)N(CC(=O)N1CCc2sccc2[C@H]1COc1ccc(Cl)c(C)c1)Cc1ccco1. The molecule has 39 heavy (non-hydrogen) atoms. The molecule has 0 saturated carbocycles. The van der Waals surface area contributed by atoms with E-state index in [2.05, 4.69) is 6.07 Å². The molecule has 1 atom stereocenters. The van der Waals surface area contributed by atoms with Crippen LogP contribution in [-0.4, -0.2) is 48.4 Å². The van der Waals surface area contributed by atoms with E-state index in [0.717, 1.165) is 17.5 Å². The standard InChI is InChI=1S/C30H29ClN2O5S/c1-20-16-21(9-10-25(20)31)38-19-26-23-12-15-39-28(23)11-13-33(26)29(34)18-32(17-22-6-5-14-37-22)30(35)24-7-3-4-8-27(24)36-2/h3-10,12,14-16,26H,11,13,17-19H2,1-2H3/t26-/m1/s1. The average molecular weight is 565 g/mol. The number of nitrogens with zero attached hydrogens (tertiary/aromatic N) is 2. The van der Waals surface area contributed by atoms with E-state index in [9.17, 15) is 9.59 Å². The molecule has 4 aromatic rings. The van der Waals surface area contributed by atoms with Crippen molar-refractivity contribution in [3.05, 3.63) is 105 Å². The van der Waals surface area contributed by atoms with Crippen LogP contribution in [0.2, 0.25) is 5.02 Å². The maximum atomic E-state index is 13.9. The van der Waals surface area contributed by atoms with Crippen molar-refractivity contribution < 1.29 is 23.5 Å². The van der Waals surface area contributed by atoms with E-state index >= 15 is 0 Å². The van der Waals surface area contributed by atoms with Crippen molar-refractivity contribution in [2.75, 3.05) is 26.8 Å². The number of carbonyl (C=O) groups is 2. The lowest BCUT2D eigenvalue weighted by Gasteiger charge is -2.37. The number of rotatable bonds is 9. The van der Waals surface area contributed by atoms with E-state index in [-0.39, 0.29) is 37.6 Å². The normalized spacial score (nSPS) is 14.5. The summed E-state index contributed by atoms with van der Waals surface area (Å²) < 4.78 is 17.1. The molecule has 0 radical (unpaired) electrons. The van der Waals surface area contributed by atoms with Crippen LogP contribution in [0.25, 0.3) is 0 Å². The highest BCUT2D eigenvalue weighted by Crippen LogP contribution is 2.34. The Morgan fingerprint density at radius 3 is 2.77 bits per heavy atom. The summed E-state index contributed by atoms with van der Waals surface area (Å²) in [6, 6.07) is 17.9. The fraction of sp³-hybridized carbons (Fsp3) is 0.267. The minimum Gasteiger partial charge on any atom is -0.496 e. The first-order valence-corrected chi connectivity index (χ1v) is 13.9. The van der Waals surface area contributed by atoms with Gasteiger partial charge in [0.2, 0.25) is 5.91 Å². The van der Waals surface area contributed by atoms with Crippen molar-refractivity contribution >= 4 is 34.8 Å². The second-order valence-corrected chi connectivity index (χ2v) is 10.7. The third kappa shape index (κ3) is 5.97. The number of hydrogen-bond acceptors (Lipinski definition) is 6. The molecule has 1 aliphatic rings. The van der Waals surface area contributed by atoms with Gasteiger partial charge in [0.1, 0.15) is 30.4 Å². The third-order valence-corrected chi connectivity index (χ3v) is 8.25. The third-order valence-electron chi connectivity index (χ3n) is 6.83. The van der Waals surface area contributed by atoms with Gasteiger partial charge in [0.05, 0.1) is 31.5 Å². The summed E-state index contributed by atoms with van der Waals surface area (Å²) in [6.07, 6.45) is 2.31. The Kier molecular flexibility index (Phi) is 8.24. The van der Waals surface area contributed by atoms with Gasteiger partial charge in [-0.25, -0.2) is 0 Å². The Labute approximate surface area is 236 Å². The van der Waals surface area contributed by atoms with Crippen LogP contribution in [0.5, 0.6) is 11.5 Å². The predicted octanol–water partition coefficient (Wildman–Crippen LogP) is 6.16. The van der Waals surface area contributed by atoms with Crippen LogP contribution in [0.15, 0.2) is 76.7 Å². The number of thiophene rings is 1. The Morgan fingerprint density at radius 2 is 2.00 bits per heavy atom. The number of ether oxygens (including phenoxy) is 2.